The lowest BCUT2D eigenvalue weighted by Gasteiger charge is -2.11. The van der Waals surface area contributed by atoms with Crippen LogP contribution in [0, 0.1) is 0 Å². The van der Waals surface area contributed by atoms with E-state index in [9.17, 15) is 4.79 Å². The van der Waals surface area contributed by atoms with Crippen molar-refractivity contribution in [1.82, 2.24) is 20.1 Å². The second kappa shape index (κ2) is 10.8. The molecule has 0 saturated heterocycles. The summed E-state index contributed by atoms with van der Waals surface area (Å²) in [6.07, 6.45) is 3.33. The normalized spacial score (nSPS) is 11.0. The van der Waals surface area contributed by atoms with Crippen LogP contribution in [-0.4, -0.2) is 27.8 Å². The third-order valence-corrected chi connectivity index (χ3v) is 6.44. The predicted molar refractivity (Wildman–Crippen MR) is 129 cm³/mol. The van der Waals surface area contributed by atoms with Crippen LogP contribution < -0.4 is 10.1 Å². The molecule has 162 valence electrons. The number of hydrogen-bond donors (Lipinski definition) is 1. The van der Waals surface area contributed by atoms with E-state index in [1.807, 2.05) is 64.5 Å². The van der Waals surface area contributed by atoms with Gasteiger partial charge in [0.1, 0.15) is 5.75 Å². The minimum absolute atomic E-state index is 0.179. The number of carbonyl (C=O) groups excluding carboxylic acids is 1. The minimum atomic E-state index is -0.179. The van der Waals surface area contributed by atoms with Crippen molar-refractivity contribution >= 4 is 35.1 Å². The van der Waals surface area contributed by atoms with Crippen LogP contribution in [0.15, 0.2) is 83.3 Å². The zero-order valence-electron chi connectivity index (χ0n) is 17.5. The van der Waals surface area contributed by atoms with Crippen molar-refractivity contribution < 1.29 is 9.53 Å². The molecule has 6 nitrogen and oxygen atoms in total. The molecule has 1 N–H and O–H groups in total. The van der Waals surface area contributed by atoms with Crippen molar-refractivity contribution in [2.75, 3.05) is 7.11 Å². The van der Waals surface area contributed by atoms with Gasteiger partial charge in [0, 0.05) is 22.4 Å². The molecule has 0 saturated carbocycles. The molecule has 0 aliphatic heterocycles. The van der Waals surface area contributed by atoms with Crippen molar-refractivity contribution in [3.63, 3.8) is 0 Å². The van der Waals surface area contributed by atoms with Gasteiger partial charge in [0.2, 0.25) is 5.91 Å². The molecule has 0 aliphatic carbocycles. The first-order valence-electron chi connectivity index (χ1n) is 9.98. The number of hydrogen-bond acceptors (Lipinski definition) is 6. The van der Waals surface area contributed by atoms with Gasteiger partial charge in [-0.25, -0.2) is 0 Å². The summed E-state index contributed by atoms with van der Waals surface area (Å²) in [6.45, 7) is 0.262. The third kappa shape index (κ3) is 5.66. The number of ether oxygens (including phenoxy) is 1. The lowest BCUT2D eigenvalue weighted by atomic mass is 10.2. The fourth-order valence-corrected chi connectivity index (χ4v) is 4.53. The Morgan fingerprint density at radius 3 is 2.62 bits per heavy atom. The van der Waals surface area contributed by atoms with Crippen molar-refractivity contribution in [3.8, 4) is 11.4 Å². The van der Waals surface area contributed by atoms with E-state index in [-0.39, 0.29) is 12.5 Å². The zero-order valence-corrected chi connectivity index (χ0v) is 19.1. The maximum absolute atomic E-state index is 12.3. The fraction of sp³-hybridized carbons (Fsp3) is 0.125. The van der Waals surface area contributed by atoms with Gasteiger partial charge < -0.3 is 10.1 Å². The molecule has 8 heteroatoms. The lowest BCUT2D eigenvalue weighted by molar-refractivity contribution is -0.116. The molecule has 2 heterocycles. The highest BCUT2D eigenvalue weighted by molar-refractivity contribution is 7.98. The molecule has 2 aromatic carbocycles. The molecule has 0 spiro atoms. The van der Waals surface area contributed by atoms with E-state index in [1.165, 1.54) is 11.6 Å². The molecule has 0 fully saturated rings. The van der Waals surface area contributed by atoms with Crippen molar-refractivity contribution in [1.29, 1.82) is 0 Å². The summed E-state index contributed by atoms with van der Waals surface area (Å²) in [5, 5.41) is 14.4. The Bertz CT molecular complexity index is 1170. The Morgan fingerprint density at radius 1 is 1.09 bits per heavy atom. The molecule has 32 heavy (non-hydrogen) atoms. The first kappa shape index (κ1) is 21.9. The van der Waals surface area contributed by atoms with E-state index in [2.05, 4.69) is 27.6 Å². The summed E-state index contributed by atoms with van der Waals surface area (Å²) in [4.78, 5) is 13.3. The van der Waals surface area contributed by atoms with Crippen molar-refractivity contribution in [2.24, 2.45) is 0 Å². The zero-order chi connectivity index (χ0) is 22.2. The van der Waals surface area contributed by atoms with Crippen LogP contribution in [0.25, 0.3) is 11.8 Å². The van der Waals surface area contributed by atoms with Gasteiger partial charge >= 0.3 is 0 Å². The summed E-state index contributed by atoms with van der Waals surface area (Å²) in [6, 6.07) is 21.8. The van der Waals surface area contributed by atoms with E-state index >= 15 is 0 Å². The smallest absolute Gasteiger partial charge is 0.244 e. The first-order chi connectivity index (χ1) is 15.7. The monoisotopic (exact) mass is 462 g/mol. The molecule has 1 amide bonds. The van der Waals surface area contributed by atoms with Crippen LogP contribution in [0.4, 0.5) is 0 Å². The number of thiophene rings is 1. The highest BCUT2D eigenvalue weighted by Crippen LogP contribution is 2.26. The number of aromatic nitrogens is 3. The summed E-state index contributed by atoms with van der Waals surface area (Å²) in [7, 11) is 1.64. The maximum atomic E-state index is 12.3. The molecule has 0 atom stereocenters. The van der Waals surface area contributed by atoms with Crippen LogP contribution in [-0.2, 0) is 17.1 Å². The molecule has 4 aromatic rings. The number of nitrogens with one attached hydrogen (secondary N) is 1. The molecular weight excluding hydrogens is 440 g/mol. The number of thioether (sulfide) groups is 1. The minimum Gasteiger partial charge on any atom is -0.497 e. The average Bonchev–Trinajstić information content (AvgIpc) is 3.51. The van der Waals surface area contributed by atoms with Gasteiger partial charge in [-0.05, 0) is 47.4 Å². The van der Waals surface area contributed by atoms with E-state index in [0.29, 0.717) is 5.82 Å². The molecule has 0 unspecified atom stereocenters. The van der Waals surface area contributed by atoms with E-state index in [0.717, 1.165) is 27.2 Å². The van der Waals surface area contributed by atoms with E-state index in [1.54, 1.807) is 36.3 Å². The third-order valence-electron chi connectivity index (χ3n) is 4.60. The number of nitrogens with zero attached hydrogens (tertiary/aromatic N) is 3. The van der Waals surface area contributed by atoms with Crippen molar-refractivity contribution in [3.05, 3.63) is 94.5 Å². The number of carbonyl (C=O) groups is 1. The molecule has 4 rings (SSSR count). The first-order valence-corrected chi connectivity index (χ1v) is 11.8. The number of benzene rings is 2. The van der Waals surface area contributed by atoms with Gasteiger partial charge in [-0.1, -0.05) is 48.2 Å². The van der Waals surface area contributed by atoms with Crippen LogP contribution in [0.2, 0.25) is 0 Å². The Labute approximate surface area is 195 Å². The average molecular weight is 463 g/mol. The number of amides is 1. The van der Waals surface area contributed by atoms with E-state index in [4.69, 9.17) is 4.74 Å². The quantitative estimate of drug-likeness (QED) is 0.281. The second-order valence-electron chi connectivity index (χ2n) is 6.77. The Hall–Kier alpha value is -3.36. The van der Waals surface area contributed by atoms with Gasteiger partial charge in [-0.15, -0.1) is 21.5 Å². The molecule has 0 aliphatic rings. The van der Waals surface area contributed by atoms with Crippen molar-refractivity contribution in [2.45, 2.75) is 17.5 Å². The largest absolute Gasteiger partial charge is 0.497 e. The number of methoxy groups -OCH3 is 1. The molecular formula is C24H22N4O2S2. The lowest BCUT2D eigenvalue weighted by Crippen LogP contribution is -2.22. The standard InChI is InChI=1S/C24H22N4O2S2/c1-30-20-11-9-19(10-12-20)28-22(16-25-23(29)14-13-21-8-5-15-31-21)26-27-24(28)32-17-18-6-3-2-4-7-18/h2-15H,16-17H2,1H3,(H,25,29). The van der Waals surface area contributed by atoms with Crippen LogP contribution in [0.1, 0.15) is 16.3 Å². The van der Waals surface area contributed by atoms with Crippen LogP contribution in [0.5, 0.6) is 5.75 Å². The molecule has 0 bridgehead atoms. The summed E-state index contributed by atoms with van der Waals surface area (Å²) < 4.78 is 7.25. The fourth-order valence-electron chi connectivity index (χ4n) is 2.99. The van der Waals surface area contributed by atoms with Gasteiger partial charge in [0.25, 0.3) is 0 Å². The van der Waals surface area contributed by atoms with Crippen LogP contribution in [0.3, 0.4) is 0 Å². The second-order valence-corrected chi connectivity index (χ2v) is 8.69. The SMILES string of the molecule is COc1ccc(-n2c(CNC(=O)C=Cc3cccs3)nnc2SCc2ccccc2)cc1. The molecule has 2 aromatic heterocycles. The Morgan fingerprint density at radius 2 is 1.91 bits per heavy atom. The maximum Gasteiger partial charge on any atom is 0.244 e. The summed E-state index contributed by atoms with van der Waals surface area (Å²) in [5.74, 6) is 2.02. The highest BCUT2D eigenvalue weighted by Gasteiger charge is 2.15. The summed E-state index contributed by atoms with van der Waals surface area (Å²) in [5.41, 5.74) is 2.11. The van der Waals surface area contributed by atoms with Gasteiger partial charge in [0.15, 0.2) is 11.0 Å². The van der Waals surface area contributed by atoms with Gasteiger partial charge in [-0.3, -0.25) is 9.36 Å². The Kier molecular flexibility index (Phi) is 7.37. The Balaban J connectivity index is 1.52. The van der Waals surface area contributed by atoms with Gasteiger partial charge in [0.05, 0.1) is 13.7 Å². The topological polar surface area (TPSA) is 69.0 Å². The van der Waals surface area contributed by atoms with E-state index < -0.39 is 0 Å². The molecule has 0 radical (unpaired) electrons. The number of rotatable bonds is 9. The van der Waals surface area contributed by atoms with Gasteiger partial charge in [-0.2, -0.15) is 0 Å². The summed E-state index contributed by atoms with van der Waals surface area (Å²) >= 11 is 3.18. The van der Waals surface area contributed by atoms with Crippen LogP contribution >= 0.6 is 23.1 Å². The predicted octanol–water partition coefficient (Wildman–Crippen LogP) is 4.96. The highest BCUT2D eigenvalue weighted by atomic mass is 32.2.